The van der Waals surface area contributed by atoms with E-state index in [2.05, 4.69) is 80.7 Å². The smallest absolute Gasteiger partial charge is 0.255 e. The molecule has 3 saturated heterocycles. The van der Waals surface area contributed by atoms with Gasteiger partial charge >= 0.3 is 0 Å². The molecular weight excluding hydrogens is 715 g/mol. The van der Waals surface area contributed by atoms with E-state index < -0.39 is 11.6 Å². The van der Waals surface area contributed by atoms with Crippen LogP contribution in [0.4, 0.5) is 11.4 Å². The van der Waals surface area contributed by atoms with E-state index in [1.165, 1.54) is 40.8 Å². The minimum absolute atomic E-state index is 0.0470. The van der Waals surface area contributed by atoms with Gasteiger partial charge in [-0.2, -0.15) is 0 Å². The van der Waals surface area contributed by atoms with Gasteiger partial charge in [0.1, 0.15) is 17.4 Å². The predicted octanol–water partition coefficient (Wildman–Crippen LogP) is 6.09. The summed E-state index contributed by atoms with van der Waals surface area (Å²) < 4.78 is 6.92. The molecular formula is C47H51N5O5. The third-order valence-corrected chi connectivity index (χ3v) is 13.8. The molecule has 57 heavy (non-hydrogen) atoms. The van der Waals surface area contributed by atoms with Gasteiger partial charge in [0.15, 0.2) is 0 Å². The van der Waals surface area contributed by atoms with E-state index in [0.717, 1.165) is 81.9 Å². The number of phenols is 1. The average Bonchev–Trinajstić information content (AvgIpc) is 3.56. The maximum absolute atomic E-state index is 13.2. The second-order valence-corrected chi connectivity index (χ2v) is 17.1. The van der Waals surface area contributed by atoms with Crippen molar-refractivity contribution in [1.82, 2.24) is 15.1 Å². The number of rotatable bonds is 6. The summed E-state index contributed by atoms with van der Waals surface area (Å²) in [7, 11) is 0. The maximum Gasteiger partial charge on any atom is 0.255 e. The SMILES string of the molecule is O=C1CC[C@H](N2Cc3cc(N4CCN(CC5CCN(c6ccc([C@H]7c8ccc(O)cc8CO[C@@]78CCCc7ccccc78)cc6)CC5)CC4)ccc3C2=O)C(=O)N1. The lowest BCUT2D eigenvalue weighted by atomic mass is 9.65. The van der Waals surface area contributed by atoms with Crippen LogP contribution in [0.3, 0.4) is 0 Å². The van der Waals surface area contributed by atoms with E-state index in [1.54, 1.807) is 4.90 Å². The van der Waals surface area contributed by atoms with Gasteiger partial charge in [-0.1, -0.05) is 42.5 Å². The van der Waals surface area contributed by atoms with Crippen LogP contribution < -0.4 is 15.1 Å². The number of benzene rings is 4. The predicted molar refractivity (Wildman–Crippen MR) is 218 cm³/mol. The van der Waals surface area contributed by atoms with Crippen LogP contribution in [0.1, 0.15) is 88.2 Å². The molecule has 4 aromatic carbocycles. The first-order valence-electron chi connectivity index (χ1n) is 21.0. The van der Waals surface area contributed by atoms with Crippen molar-refractivity contribution in [3.05, 3.63) is 124 Å². The Morgan fingerprint density at radius 3 is 2.33 bits per heavy atom. The van der Waals surface area contributed by atoms with Crippen molar-refractivity contribution >= 4 is 29.1 Å². The topological polar surface area (TPSA) is 106 Å². The summed E-state index contributed by atoms with van der Waals surface area (Å²) in [6.07, 6.45) is 6.14. The first kappa shape index (κ1) is 36.2. The molecule has 294 valence electrons. The summed E-state index contributed by atoms with van der Waals surface area (Å²) in [5.41, 5.74) is 9.90. The Morgan fingerprint density at radius 2 is 1.53 bits per heavy atom. The van der Waals surface area contributed by atoms with Crippen molar-refractivity contribution in [1.29, 1.82) is 0 Å². The fraction of sp³-hybridized carbons (Fsp3) is 0.426. The number of fused-ring (bicyclic) bond motifs is 4. The van der Waals surface area contributed by atoms with Crippen LogP contribution in [-0.2, 0) is 39.5 Å². The minimum atomic E-state index is -0.590. The Hall–Kier alpha value is -5.19. The zero-order valence-electron chi connectivity index (χ0n) is 32.5. The summed E-state index contributed by atoms with van der Waals surface area (Å²) in [5.74, 6) is 0.245. The summed E-state index contributed by atoms with van der Waals surface area (Å²) in [6.45, 7) is 8.06. The molecule has 0 radical (unpaired) electrons. The highest BCUT2D eigenvalue weighted by molar-refractivity contribution is 6.05. The van der Waals surface area contributed by atoms with Crippen molar-refractivity contribution in [3.8, 4) is 5.75 Å². The number of carbonyl (C=O) groups is 3. The average molecular weight is 766 g/mol. The van der Waals surface area contributed by atoms with Gasteiger partial charge in [0.25, 0.3) is 5.91 Å². The van der Waals surface area contributed by atoms with E-state index >= 15 is 0 Å². The van der Waals surface area contributed by atoms with Gasteiger partial charge in [0, 0.05) is 81.6 Å². The van der Waals surface area contributed by atoms with Gasteiger partial charge in [0.2, 0.25) is 11.8 Å². The molecule has 0 saturated carbocycles. The van der Waals surface area contributed by atoms with Gasteiger partial charge in [-0.25, -0.2) is 0 Å². The first-order chi connectivity index (χ1) is 27.8. The highest BCUT2D eigenvalue weighted by Gasteiger charge is 2.49. The Morgan fingerprint density at radius 1 is 0.754 bits per heavy atom. The number of ether oxygens (including phenoxy) is 1. The monoisotopic (exact) mass is 765 g/mol. The fourth-order valence-corrected chi connectivity index (χ4v) is 10.8. The number of piperazine rings is 1. The number of piperidine rings is 2. The zero-order chi connectivity index (χ0) is 38.7. The van der Waals surface area contributed by atoms with Gasteiger partial charge in [-0.3, -0.25) is 24.6 Å². The number of imide groups is 1. The quantitative estimate of drug-likeness (QED) is 0.228. The van der Waals surface area contributed by atoms with Crippen LogP contribution in [0, 0.1) is 5.92 Å². The number of anilines is 2. The zero-order valence-corrected chi connectivity index (χ0v) is 32.5. The van der Waals surface area contributed by atoms with Gasteiger partial charge in [-0.15, -0.1) is 0 Å². The summed E-state index contributed by atoms with van der Waals surface area (Å²) in [5, 5.41) is 12.7. The number of hydrogen-bond acceptors (Lipinski definition) is 8. The Labute approximate surface area is 334 Å². The number of nitrogens with one attached hydrogen (secondary N) is 1. The van der Waals surface area contributed by atoms with E-state index in [9.17, 15) is 19.5 Å². The van der Waals surface area contributed by atoms with Crippen molar-refractivity contribution in [2.75, 3.05) is 55.6 Å². The molecule has 0 bridgehead atoms. The second-order valence-electron chi connectivity index (χ2n) is 17.1. The van der Waals surface area contributed by atoms with Gasteiger partial charge in [0.05, 0.1) is 6.61 Å². The van der Waals surface area contributed by atoms with Crippen LogP contribution in [0.25, 0.3) is 0 Å². The Bertz CT molecular complexity index is 2210. The second kappa shape index (κ2) is 14.6. The molecule has 3 fully saturated rings. The number of carbonyl (C=O) groups excluding carboxylic acids is 3. The number of amides is 3. The highest BCUT2D eigenvalue weighted by atomic mass is 16.5. The number of hydrogen-bond donors (Lipinski definition) is 2. The largest absolute Gasteiger partial charge is 0.508 e. The van der Waals surface area contributed by atoms with Crippen LogP contribution in [-0.4, -0.2) is 84.5 Å². The lowest BCUT2D eigenvalue weighted by Crippen LogP contribution is -2.52. The molecule has 1 spiro atoms. The third-order valence-electron chi connectivity index (χ3n) is 13.8. The van der Waals surface area contributed by atoms with E-state index in [-0.39, 0.29) is 35.8 Å². The van der Waals surface area contributed by atoms with Crippen LogP contribution in [0.5, 0.6) is 5.75 Å². The van der Waals surface area contributed by atoms with Crippen molar-refractivity contribution in [2.24, 2.45) is 5.92 Å². The minimum Gasteiger partial charge on any atom is -0.508 e. The summed E-state index contributed by atoms with van der Waals surface area (Å²) >= 11 is 0. The molecule has 10 nitrogen and oxygen atoms in total. The molecule has 1 aliphatic carbocycles. The number of aryl methyl sites for hydroxylation is 1. The maximum atomic E-state index is 13.2. The molecule has 3 atom stereocenters. The normalized spacial score (nSPS) is 25.3. The van der Waals surface area contributed by atoms with E-state index in [4.69, 9.17) is 4.74 Å². The molecule has 6 aliphatic rings. The molecule has 2 N–H and O–H groups in total. The lowest BCUT2D eigenvalue weighted by Gasteiger charge is -2.48. The Kier molecular flexibility index (Phi) is 9.29. The highest BCUT2D eigenvalue weighted by Crippen LogP contribution is 2.55. The van der Waals surface area contributed by atoms with Crippen molar-refractivity contribution in [3.63, 3.8) is 0 Å². The molecule has 10 heteroatoms. The molecule has 10 rings (SSSR count). The van der Waals surface area contributed by atoms with Gasteiger partial charge < -0.3 is 24.5 Å². The number of nitrogens with zero attached hydrogens (tertiary/aromatic N) is 4. The summed E-state index contributed by atoms with van der Waals surface area (Å²) in [4.78, 5) is 46.5. The van der Waals surface area contributed by atoms with Gasteiger partial charge in [-0.05, 0) is 120 Å². The molecule has 3 amide bonds. The van der Waals surface area contributed by atoms with Crippen molar-refractivity contribution in [2.45, 2.75) is 75.7 Å². The Balaban J connectivity index is 0.753. The number of aromatic hydroxyl groups is 1. The van der Waals surface area contributed by atoms with Crippen molar-refractivity contribution < 1.29 is 24.2 Å². The third kappa shape index (κ3) is 6.56. The number of phenolic OH excluding ortho intramolecular Hbond substituents is 1. The molecule has 5 heterocycles. The lowest BCUT2D eigenvalue weighted by molar-refractivity contribution is -0.136. The van der Waals surface area contributed by atoms with E-state index in [1.807, 2.05) is 24.3 Å². The van der Waals surface area contributed by atoms with Crippen LogP contribution in [0.15, 0.2) is 84.9 Å². The molecule has 5 aliphatic heterocycles. The van der Waals surface area contributed by atoms with Crippen LogP contribution >= 0.6 is 0 Å². The standard InChI is InChI=1S/C47H51N5O5/c53-38-12-14-39-35(27-38)30-57-47(19-3-5-32-4-1-2-6-41(32)47)44(39)33-7-9-36(10-8-33)50-20-17-31(18-21-50)28-49-22-24-51(25-23-49)37-11-13-40-34(26-37)29-52(46(40)56)42-15-16-43(54)48-45(42)55/h1-2,4,6-14,26-27,31,42,44,53H,3,5,15-25,28-30H2,(H,48,54,55)/t42-,44-,47+/m0/s1. The van der Waals surface area contributed by atoms with E-state index in [0.29, 0.717) is 31.1 Å². The first-order valence-corrected chi connectivity index (χ1v) is 21.0. The molecule has 0 unspecified atom stereocenters. The summed E-state index contributed by atoms with van der Waals surface area (Å²) in [6, 6.07) is 29.4. The fourth-order valence-electron chi connectivity index (χ4n) is 10.8. The molecule has 0 aromatic heterocycles. The molecule has 4 aromatic rings. The van der Waals surface area contributed by atoms with Crippen LogP contribution in [0.2, 0.25) is 0 Å².